The molecular weight excluding hydrogens is 359 g/mol. The highest BCUT2D eigenvalue weighted by Gasteiger charge is 2.10. The largest absolute Gasteiger partial charge is 0.497 e. The van der Waals surface area contributed by atoms with Gasteiger partial charge in [0.15, 0.2) is 0 Å². The van der Waals surface area contributed by atoms with Crippen molar-refractivity contribution in [2.45, 2.75) is 6.54 Å². The molecule has 0 spiro atoms. The second kappa shape index (κ2) is 9.27. The number of benzene rings is 2. The van der Waals surface area contributed by atoms with Gasteiger partial charge in [-0.2, -0.15) is 0 Å². The summed E-state index contributed by atoms with van der Waals surface area (Å²) in [6.07, 6.45) is 1.68. The van der Waals surface area contributed by atoms with Crippen molar-refractivity contribution in [2.24, 2.45) is 4.99 Å². The molecule has 28 heavy (non-hydrogen) atoms. The molecule has 6 nitrogen and oxygen atoms in total. The number of nitrogens with zero attached hydrogens (tertiary/aromatic N) is 2. The van der Waals surface area contributed by atoms with Crippen LogP contribution in [0.25, 0.3) is 0 Å². The highest BCUT2D eigenvalue weighted by atomic mass is 19.1. The van der Waals surface area contributed by atoms with Crippen LogP contribution >= 0.6 is 0 Å². The SMILES string of the molecule is COc1cccc(NC(=NCc2ccccn2)NC(=O)c2ccc(F)cc2)c1. The Morgan fingerprint density at radius 1 is 1.11 bits per heavy atom. The average Bonchev–Trinajstić information content (AvgIpc) is 2.73. The summed E-state index contributed by atoms with van der Waals surface area (Å²) in [4.78, 5) is 21.1. The number of methoxy groups -OCH3 is 1. The summed E-state index contributed by atoms with van der Waals surface area (Å²) in [5.74, 6) is 0.0948. The molecule has 0 aliphatic carbocycles. The van der Waals surface area contributed by atoms with Gasteiger partial charge in [-0.15, -0.1) is 0 Å². The minimum atomic E-state index is -0.407. The number of rotatable bonds is 5. The molecule has 2 N–H and O–H groups in total. The molecule has 0 radical (unpaired) electrons. The lowest BCUT2D eigenvalue weighted by Gasteiger charge is -2.12. The summed E-state index contributed by atoms with van der Waals surface area (Å²) in [6, 6.07) is 18.0. The number of hydrogen-bond donors (Lipinski definition) is 2. The third-order valence-corrected chi connectivity index (χ3v) is 3.80. The Kier molecular flexibility index (Phi) is 6.30. The number of carbonyl (C=O) groups is 1. The van der Waals surface area contributed by atoms with Crippen LogP contribution in [0.2, 0.25) is 0 Å². The van der Waals surface area contributed by atoms with E-state index in [1.807, 2.05) is 36.4 Å². The number of halogens is 1. The number of pyridine rings is 1. The van der Waals surface area contributed by atoms with E-state index in [2.05, 4.69) is 20.6 Å². The molecular formula is C21H19FN4O2. The van der Waals surface area contributed by atoms with E-state index < -0.39 is 11.7 Å². The average molecular weight is 378 g/mol. The second-order valence-corrected chi connectivity index (χ2v) is 5.80. The first-order valence-electron chi connectivity index (χ1n) is 8.56. The van der Waals surface area contributed by atoms with Crippen molar-refractivity contribution in [1.82, 2.24) is 10.3 Å². The van der Waals surface area contributed by atoms with Crippen LogP contribution in [0.5, 0.6) is 5.75 Å². The van der Waals surface area contributed by atoms with Crippen molar-refractivity contribution in [3.63, 3.8) is 0 Å². The smallest absolute Gasteiger partial charge is 0.257 e. The first-order valence-corrected chi connectivity index (χ1v) is 8.56. The molecule has 2 aromatic carbocycles. The van der Waals surface area contributed by atoms with Gasteiger partial charge < -0.3 is 10.1 Å². The van der Waals surface area contributed by atoms with E-state index in [0.717, 1.165) is 5.69 Å². The summed E-state index contributed by atoms with van der Waals surface area (Å²) < 4.78 is 18.3. The predicted octanol–water partition coefficient (Wildman–Crippen LogP) is 3.63. The Hall–Kier alpha value is -3.74. The van der Waals surface area contributed by atoms with E-state index in [9.17, 15) is 9.18 Å². The Morgan fingerprint density at radius 3 is 2.64 bits per heavy atom. The minimum absolute atomic E-state index is 0.244. The first kappa shape index (κ1) is 19.0. The van der Waals surface area contributed by atoms with Gasteiger partial charge in [-0.25, -0.2) is 9.38 Å². The maximum absolute atomic E-state index is 13.1. The molecule has 1 heterocycles. The highest BCUT2D eigenvalue weighted by molar-refractivity contribution is 6.09. The van der Waals surface area contributed by atoms with Crippen LogP contribution < -0.4 is 15.4 Å². The van der Waals surface area contributed by atoms with Crippen LogP contribution in [-0.2, 0) is 6.54 Å². The van der Waals surface area contributed by atoms with E-state index in [1.165, 1.54) is 24.3 Å². The summed E-state index contributed by atoms with van der Waals surface area (Å²) in [5, 5.41) is 5.79. The number of guanidine groups is 1. The lowest BCUT2D eigenvalue weighted by molar-refractivity contribution is 0.0977. The Balaban J connectivity index is 1.80. The normalized spacial score (nSPS) is 11.0. The molecule has 0 saturated heterocycles. The fraction of sp³-hybridized carbons (Fsp3) is 0.0952. The molecule has 1 aromatic heterocycles. The standard InChI is InChI=1S/C21H19FN4O2/c1-28-19-7-4-6-17(13-19)25-21(24-14-18-5-2-3-12-23-18)26-20(27)15-8-10-16(22)11-9-15/h2-13H,14H2,1H3,(H2,24,25,26,27). The monoisotopic (exact) mass is 378 g/mol. The van der Waals surface area contributed by atoms with Crippen molar-refractivity contribution in [3.8, 4) is 5.75 Å². The van der Waals surface area contributed by atoms with Gasteiger partial charge in [0, 0.05) is 23.5 Å². The molecule has 3 rings (SSSR count). The van der Waals surface area contributed by atoms with E-state index in [0.29, 0.717) is 17.0 Å². The zero-order valence-electron chi connectivity index (χ0n) is 15.2. The fourth-order valence-electron chi connectivity index (χ4n) is 2.38. The lowest BCUT2D eigenvalue weighted by Crippen LogP contribution is -2.36. The molecule has 0 bridgehead atoms. The number of nitrogens with one attached hydrogen (secondary N) is 2. The van der Waals surface area contributed by atoms with Crippen LogP contribution in [0, 0.1) is 5.82 Å². The Morgan fingerprint density at radius 2 is 1.93 bits per heavy atom. The van der Waals surface area contributed by atoms with Crippen LogP contribution in [0.4, 0.5) is 10.1 Å². The van der Waals surface area contributed by atoms with Crippen molar-refractivity contribution in [2.75, 3.05) is 12.4 Å². The van der Waals surface area contributed by atoms with Gasteiger partial charge in [-0.05, 0) is 48.5 Å². The van der Waals surface area contributed by atoms with Crippen LogP contribution in [0.3, 0.4) is 0 Å². The third kappa shape index (κ3) is 5.38. The van der Waals surface area contributed by atoms with Gasteiger partial charge in [-0.3, -0.25) is 15.1 Å². The fourth-order valence-corrected chi connectivity index (χ4v) is 2.38. The molecule has 3 aromatic rings. The highest BCUT2D eigenvalue weighted by Crippen LogP contribution is 2.16. The van der Waals surface area contributed by atoms with E-state index in [4.69, 9.17) is 4.74 Å². The first-order chi connectivity index (χ1) is 13.6. The Labute approximate surface area is 162 Å². The summed E-state index contributed by atoms with van der Waals surface area (Å²) in [7, 11) is 1.57. The number of hydrogen-bond acceptors (Lipinski definition) is 4. The molecule has 142 valence electrons. The number of ether oxygens (including phenoxy) is 1. The molecule has 0 unspecified atom stereocenters. The zero-order valence-corrected chi connectivity index (χ0v) is 15.2. The van der Waals surface area contributed by atoms with Gasteiger partial charge in [0.2, 0.25) is 5.96 Å². The van der Waals surface area contributed by atoms with E-state index >= 15 is 0 Å². The van der Waals surface area contributed by atoms with Gasteiger partial charge in [0.25, 0.3) is 5.91 Å². The zero-order chi connectivity index (χ0) is 19.8. The number of amides is 1. The van der Waals surface area contributed by atoms with Gasteiger partial charge in [0.05, 0.1) is 19.3 Å². The van der Waals surface area contributed by atoms with Crippen LogP contribution in [0.15, 0.2) is 77.9 Å². The van der Waals surface area contributed by atoms with Crippen LogP contribution in [-0.4, -0.2) is 24.0 Å². The molecule has 0 saturated carbocycles. The van der Waals surface area contributed by atoms with E-state index in [1.54, 1.807) is 19.4 Å². The Bertz CT molecular complexity index is 960. The maximum atomic E-state index is 13.1. The molecule has 7 heteroatoms. The van der Waals surface area contributed by atoms with Gasteiger partial charge in [-0.1, -0.05) is 12.1 Å². The summed E-state index contributed by atoms with van der Waals surface area (Å²) >= 11 is 0. The third-order valence-electron chi connectivity index (χ3n) is 3.80. The van der Waals surface area contributed by atoms with E-state index in [-0.39, 0.29) is 12.5 Å². The number of anilines is 1. The summed E-state index contributed by atoms with van der Waals surface area (Å²) in [5.41, 5.74) is 1.77. The molecule has 0 aliphatic heterocycles. The molecule has 0 atom stereocenters. The molecule has 1 amide bonds. The lowest BCUT2D eigenvalue weighted by atomic mass is 10.2. The van der Waals surface area contributed by atoms with Crippen LogP contribution in [0.1, 0.15) is 16.1 Å². The number of aromatic nitrogens is 1. The van der Waals surface area contributed by atoms with Crippen molar-refractivity contribution in [3.05, 3.63) is 90.0 Å². The molecule has 0 fully saturated rings. The number of aliphatic imine (C=N–C) groups is 1. The maximum Gasteiger partial charge on any atom is 0.257 e. The van der Waals surface area contributed by atoms with Crippen molar-refractivity contribution >= 4 is 17.6 Å². The minimum Gasteiger partial charge on any atom is -0.497 e. The topological polar surface area (TPSA) is 75.6 Å². The second-order valence-electron chi connectivity index (χ2n) is 5.80. The predicted molar refractivity (Wildman–Crippen MR) is 106 cm³/mol. The molecule has 0 aliphatic rings. The quantitative estimate of drug-likeness (QED) is 0.525. The van der Waals surface area contributed by atoms with Crippen molar-refractivity contribution < 1.29 is 13.9 Å². The van der Waals surface area contributed by atoms with Crippen molar-refractivity contribution in [1.29, 1.82) is 0 Å². The van der Waals surface area contributed by atoms with Gasteiger partial charge in [0.1, 0.15) is 11.6 Å². The summed E-state index contributed by atoms with van der Waals surface area (Å²) in [6.45, 7) is 0.275. The number of carbonyl (C=O) groups excluding carboxylic acids is 1. The van der Waals surface area contributed by atoms with Gasteiger partial charge >= 0.3 is 0 Å².